The third kappa shape index (κ3) is 3.49. The lowest BCUT2D eigenvalue weighted by Crippen LogP contribution is -2.07. The number of hydrogen-bond donors (Lipinski definition) is 2. The van der Waals surface area contributed by atoms with Crippen LogP contribution in [0.4, 0.5) is 0 Å². The molecule has 0 bridgehead atoms. The van der Waals surface area contributed by atoms with Gasteiger partial charge in [0.1, 0.15) is 11.8 Å². The summed E-state index contributed by atoms with van der Waals surface area (Å²) in [7, 11) is 0. The first-order valence-corrected chi connectivity index (χ1v) is 9.15. The van der Waals surface area contributed by atoms with E-state index in [0.717, 1.165) is 5.69 Å². The molecule has 0 aliphatic heterocycles. The standard InChI is InChI=1S/C22H18N4O3/c23-12-16-11-15(7-8-19(16)29-10-4-9-27)18-13-26(17-5-2-1-3-6-17)21-20(18)22(28)25-14-24-21/h1-3,5-8,11,13-14,27H,4,9-10H2,(H,24,25,28). The van der Waals surface area contributed by atoms with Gasteiger partial charge in [0.05, 0.1) is 23.9 Å². The van der Waals surface area contributed by atoms with E-state index in [4.69, 9.17) is 9.84 Å². The van der Waals surface area contributed by atoms with Crippen molar-refractivity contribution < 1.29 is 9.84 Å². The number of aromatic amines is 1. The molecule has 0 saturated carbocycles. The second-order valence-electron chi connectivity index (χ2n) is 6.43. The zero-order valence-electron chi connectivity index (χ0n) is 15.5. The largest absolute Gasteiger partial charge is 0.492 e. The summed E-state index contributed by atoms with van der Waals surface area (Å²) < 4.78 is 7.44. The molecule has 4 rings (SSSR count). The normalized spacial score (nSPS) is 10.8. The number of nitriles is 1. The predicted octanol–water partition coefficient (Wildman–Crippen LogP) is 3.01. The minimum absolute atomic E-state index is 0.0226. The molecule has 7 nitrogen and oxygen atoms in total. The van der Waals surface area contributed by atoms with Gasteiger partial charge in [-0.2, -0.15) is 5.26 Å². The molecule has 2 N–H and O–H groups in total. The van der Waals surface area contributed by atoms with Crippen molar-refractivity contribution in [3.05, 3.63) is 77.0 Å². The van der Waals surface area contributed by atoms with Gasteiger partial charge in [0.25, 0.3) is 5.56 Å². The van der Waals surface area contributed by atoms with E-state index < -0.39 is 0 Å². The maximum absolute atomic E-state index is 12.6. The van der Waals surface area contributed by atoms with E-state index in [-0.39, 0.29) is 12.2 Å². The molecular formula is C22H18N4O3. The number of nitrogens with zero attached hydrogens (tertiary/aromatic N) is 3. The zero-order chi connectivity index (χ0) is 20.2. The second kappa shape index (κ2) is 8.00. The Hall–Kier alpha value is -3.89. The third-order valence-electron chi connectivity index (χ3n) is 4.59. The van der Waals surface area contributed by atoms with Crippen molar-refractivity contribution in [3.8, 4) is 28.6 Å². The molecule has 0 aliphatic rings. The summed E-state index contributed by atoms with van der Waals surface area (Å²) in [5.74, 6) is 0.448. The van der Waals surface area contributed by atoms with Crippen molar-refractivity contribution in [1.82, 2.24) is 14.5 Å². The SMILES string of the molecule is N#Cc1cc(-c2cn(-c3ccccc3)c3nc[nH]c(=O)c23)ccc1OCCCO. The van der Waals surface area contributed by atoms with Gasteiger partial charge >= 0.3 is 0 Å². The number of aliphatic hydroxyl groups is 1. The molecule has 0 fully saturated rings. The average Bonchev–Trinajstić information content (AvgIpc) is 3.16. The summed E-state index contributed by atoms with van der Waals surface area (Å²) in [4.78, 5) is 19.6. The first-order chi connectivity index (χ1) is 14.2. The van der Waals surface area contributed by atoms with Gasteiger partial charge in [0.15, 0.2) is 5.65 Å². The van der Waals surface area contributed by atoms with Crippen molar-refractivity contribution in [1.29, 1.82) is 5.26 Å². The van der Waals surface area contributed by atoms with Crippen LogP contribution in [0.5, 0.6) is 5.75 Å². The molecule has 29 heavy (non-hydrogen) atoms. The highest BCUT2D eigenvalue weighted by Crippen LogP contribution is 2.32. The number of nitrogens with one attached hydrogen (secondary N) is 1. The minimum Gasteiger partial charge on any atom is -0.492 e. The summed E-state index contributed by atoms with van der Waals surface area (Å²) in [6.45, 7) is 0.343. The summed E-state index contributed by atoms with van der Waals surface area (Å²) in [6.07, 6.45) is 3.72. The smallest absolute Gasteiger partial charge is 0.260 e. The molecule has 4 aromatic rings. The van der Waals surface area contributed by atoms with Gasteiger partial charge in [0, 0.05) is 30.5 Å². The zero-order valence-corrected chi connectivity index (χ0v) is 15.5. The predicted molar refractivity (Wildman–Crippen MR) is 109 cm³/mol. The van der Waals surface area contributed by atoms with Gasteiger partial charge in [0.2, 0.25) is 0 Å². The van der Waals surface area contributed by atoms with Crippen LogP contribution in [-0.4, -0.2) is 32.9 Å². The number of fused-ring (bicyclic) bond motifs is 1. The topological polar surface area (TPSA) is 104 Å². The number of para-hydroxylation sites is 1. The van der Waals surface area contributed by atoms with E-state index in [1.54, 1.807) is 12.1 Å². The lowest BCUT2D eigenvalue weighted by molar-refractivity contribution is 0.233. The summed E-state index contributed by atoms with van der Waals surface area (Å²) in [5.41, 5.74) is 2.93. The lowest BCUT2D eigenvalue weighted by Gasteiger charge is -2.08. The minimum atomic E-state index is -0.249. The van der Waals surface area contributed by atoms with Gasteiger partial charge in [-0.25, -0.2) is 4.98 Å². The van der Waals surface area contributed by atoms with E-state index in [9.17, 15) is 10.1 Å². The maximum Gasteiger partial charge on any atom is 0.260 e. The fourth-order valence-corrected chi connectivity index (χ4v) is 3.23. The molecule has 2 aromatic carbocycles. The Balaban J connectivity index is 1.87. The van der Waals surface area contributed by atoms with Crippen LogP contribution in [0.3, 0.4) is 0 Å². The number of benzene rings is 2. The fraction of sp³-hybridized carbons (Fsp3) is 0.136. The van der Waals surface area contributed by atoms with E-state index in [1.165, 1.54) is 6.33 Å². The van der Waals surface area contributed by atoms with Crippen LogP contribution in [0.15, 0.2) is 65.8 Å². The first kappa shape index (κ1) is 18.5. The third-order valence-corrected chi connectivity index (χ3v) is 4.59. The Labute approximate surface area is 166 Å². The highest BCUT2D eigenvalue weighted by molar-refractivity contribution is 5.94. The molecule has 2 aromatic heterocycles. The Bertz CT molecular complexity index is 1250. The Morgan fingerprint density at radius 3 is 2.79 bits per heavy atom. The van der Waals surface area contributed by atoms with Crippen molar-refractivity contribution in [2.75, 3.05) is 13.2 Å². The molecule has 0 aliphatic carbocycles. The molecule has 0 saturated heterocycles. The number of aromatic nitrogens is 3. The van der Waals surface area contributed by atoms with Gasteiger partial charge in [-0.3, -0.25) is 4.79 Å². The number of rotatable bonds is 6. The molecule has 0 radical (unpaired) electrons. The van der Waals surface area contributed by atoms with Crippen LogP contribution < -0.4 is 10.3 Å². The molecule has 7 heteroatoms. The lowest BCUT2D eigenvalue weighted by atomic mass is 10.0. The highest BCUT2D eigenvalue weighted by Gasteiger charge is 2.17. The van der Waals surface area contributed by atoms with E-state index in [2.05, 4.69) is 16.0 Å². The molecule has 0 spiro atoms. The Kier molecular flexibility index (Phi) is 5.10. The van der Waals surface area contributed by atoms with Crippen molar-refractivity contribution in [2.45, 2.75) is 6.42 Å². The maximum atomic E-state index is 12.6. The first-order valence-electron chi connectivity index (χ1n) is 9.15. The number of ether oxygens (including phenoxy) is 1. The van der Waals surface area contributed by atoms with E-state index >= 15 is 0 Å². The van der Waals surface area contributed by atoms with Gasteiger partial charge in [-0.1, -0.05) is 24.3 Å². The Morgan fingerprint density at radius 1 is 1.21 bits per heavy atom. The molecule has 0 amide bonds. The molecular weight excluding hydrogens is 368 g/mol. The summed E-state index contributed by atoms with van der Waals surface area (Å²) in [6, 6.07) is 17.0. The van der Waals surface area contributed by atoms with Crippen molar-refractivity contribution >= 4 is 11.0 Å². The van der Waals surface area contributed by atoms with Crippen LogP contribution >= 0.6 is 0 Å². The molecule has 2 heterocycles. The number of H-pyrrole nitrogens is 1. The molecule has 144 valence electrons. The summed E-state index contributed by atoms with van der Waals surface area (Å²) >= 11 is 0. The van der Waals surface area contributed by atoms with Crippen molar-refractivity contribution in [2.24, 2.45) is 0 Å². The van der Waals surface area contributed by atoms with Gasteiger partial charge in [-0.15, -0.1) is 0 Å². The van der Waals surface area contributed by atoms with Crippen LogP contribution in [0.25, 0.3) is 27.8 Å². The van der Waals surface area contributed by atoms with Crippen LogP contribution in [0.2, 0.25) is 0 Å². The molecule has 0 atom stereocenters. The highest BCUT2D eigenvalue weighted by atomic mass is 16.5. The van der Waals surface area contributed by atoms with E-state index in [1.807, 2.05) is 47.2 Å². The van der Waals surface area contributed by atoms with Gasteiger partial charge < -0.3 is 19.4 Å². The van der Waals surface area contributed by atoms with Crippen LogP contribution in [0.1, 0.15) is 12.0 Å². The monoisotopic (exact) mass is 386 g/mol. The fourth-order valence-electron chi connectivity index (χ4n) is 3.23. The van der Waals surface area contributed by atoms with Crippen LogP contribution in [-0.2, 0) is 0 Å². The molecule has 0 unspecified atom stereocenters. The van der Waals surface area contributed by atoms with Crippen molar-refractivity contribution in [3.63, 3.8) is 0 Å². The number of hydrogen-bond acceptors (Lipinski definition) is 5. The van der Waals surface area contributed by atoms with E-state index in [0.29, 0.717) is 46.5 Å². The average molecular weight is 386 g/mol. The van der Waals surface area contributed by atoms with Crippen LogP contribution in [0, 0.1) is 11.3 Å². The second-order valence-corrected chi connectivity index (χ2v) is 6.43. The quantitative estimate of drug-likeness (QED) is 0.496. The van der Waals surface area contributed by atoms with Gasteiger partial charge in [-0.05, 0) is 29.8 Å². The Morgan fingerprint density at radius 2 is 2.03 bits per heavy atom. The summed E-state index contributed by atoms with van der Waals surface area (Å²) in [5, 5.41) is 18.9. The number of aliphatic hydroxyl groups excluding tert-OH is 1.